The molecule has 0 aromatic carbocycles. The first-order valence-corrected chi connectivity index (χ1v) is 16.1. The van der Waals surface area contributed by atoms with Gasteiger partial charge >= 0.3 is 19.6 Å². The number of nitrogens with one attached hydrogen (secondary N) is 2. The molecule has 3 rings (SSSR count). The molecule has 2 aromatic heterocycles. The van der Waals surface area contributed by atoms with Crippen LogP contribution in [0.15, 0.2) is 18.5 Å². The van der Waals surface area contributed by atoms with E-state index in [2.05, 4.69) is 20.3 Å². The lowest BCUT2D eigenvalue weighted by Crippen LogP contribution is -2.44. The average molecular weight is 643 g/mol. The molecule has 248 valence electrons. The maximum absolute atomic E-state index is 14.1. The van der Waals surface area contributed by atoms with Crippen molar-refractivity contribution in [2.75, 3.05) is 25.6 Å². The molecule has 16 heteroatoms. The van der Waals surface area contributed by atoms with Gasteiger partial charge in [0.1, 0.15) is 37.1 Å². The van der Waals surface area contributed by atoms with Gasteiger partial charge in [-0.05, 0) is 68.4 Å². The van der Waals surface area contributed by atoms with Gasteiger partial charge in [-0.1, -0.05) is 0 Å². The Kier molecular flexibility index (Phi) is 10.9. The molecule has 0 amide bonds. The van der Waals surface area contributed by atoms with Crippen LogP contribution in [0.1, 0.15) is 74.1 Å². The van der Waals surface area contributed by atoms with Gasteiger partial charge in [-0.25, -0.2) is 19.7 Å². The van der Waals surface area contributed by atoms with E-state index < -0.39 is 73.0 Å². The number of hydrogen-bond acceptors (Lipinski definition) is 12. The number of carbonyl (C=O) groups excluding carboxylic acids is 2. The highest BCUT2D eigenvalue weighted by atomic mass is 31.2. The Labute approximate surface area is 257 Å². The lowest BCUT2D eigenvalue weighted by Gasteiger charge is -2.29. The summed E-state index contributed by atoms with van der Waals surface area (Å²) >= 11 is 0. The molecular weight excluding hydrogens is 595 g/mol. The molecule has 1 saturated heterocycles. The first-order chi connectivity index (χ1) is 20.2. The highest BCUT2D eigenvalue weighted by Gasteiger charge is 2.54. The Bertz CT molecular complexity index is 1330. The summed E-state index contributed by atoms with van der Waals surface area (Å²) in [4.78, 5) is 28.8. The summed E-state index contributed by atoms with van der Waals surface area (Å²) in [6.07, 6.45) is -0.739. The summed E-state index contributed by atoms with van der Waals surface area (Å²) in [5, 5.41) is 32.2. The van der Waals surface area contributed by atoms with E-state index in [1.54, 1.807) is 61.5 Å². The number of aromatic nitrogens is 3. The first kappa shape index (κ1) is 35.8. The SMILES string of the molecule is C[C@@H](COC(=O)C(C)(C)C)NP(=O)(N[C@@H](C)COC(=O)C(C)(C)C)OC[C@H]1O[C@@H](c2cnc3c(N)ccnn23)[C@](C)(O)[C@@H]1O. The molecule has 6 N–H and O–H groups in total. The number of aliphatic hydroxyl groups excluding tert-OH is 1. The van der Waals surface area contributed by atoms with Gasteiger partial charge in [-0.3, -0.25) is 14.2 Å². The summed E-state index contributed by atoms with van der Waals surface area (Å²) in [6.45, 7) is 14.4. The number of esters is 2. The maximum Gasteiger partial charge on any atom is 0.341 e. The van der Waals surface area contributed by atoms with E-state index >= 15 is 0 Å². The van der Waals surface area contributed by atoms with Gasteiger partial charge in [0.05, 0.1) is 41.2 Å². The summed E-state index contributed by atoms with van der Waals surface area (Å²) < 4.78 is 38.1. The third-order valence-electron chi connectivity index (χ3n) is 6.87. The first-order valence-electron chi connectivity index (χ1n) is 14.4. The molecule has 3 heterocycles. The van der Waals surface area contributed by atoms with Crippen LogP contribution in [0, 0.1) is 10.8 Å². The zero-order chi connectivity index (χ0) is 33.3. The van der Waals surface area contributed by atoms with Crippen LogP contribution in [0.3, 0.4) is 0 Å². The number of nitrogens with two attached hydrogens (primary N) is 1. The van der Waals surface area contributed by atoms with E-state index in [0.717, 1.165) is 0 Å². The van der Waals surface area contributed by atoms with Crippen LogP contribution in [0.2, 0.25) is 0 Å². The average Bonchev–Trinajstić information content (AvgIpc) is 3.42. The number of rotatable bonds is 12. The zero-order valence-electron chi connectivity index (χ0n) is 26.9. The number of fused-ring (bicyclic) bond motifs is 1. The Balaban J connectivity index is 1.76. The number of ether oxygens (including phenoxy) is 3. The van der Waals surface area contributed by atoms with Crippen LogP contribution in [-0.2, 0) is 32.9 Å². The number of nitrogens with zero attached hydrogens (tertiary/aromatic N) is 3. The molecule has 2 aromatic rings. The quantitative estimate of drug-likeness (QED) is 0.166. The third kappa shape index (κ3) is 8.53. The van der Waals surface area contributed by atoms with Crippen molar-refractivity contribution < 1.29 is 43.1 Å². The highest BCUT2D eigenvalue weighted by Crippen LogP contribution is 2.45. The second kappa shape index (κ2) is 13.4. The van der Waals surface area contributed by atoms with Crippen molar-refractivity contribution in [2.24, 2.45) is 10.8 Å². The van der Waals surface area contributed by atoms with Crippen LogP contribution >= 0.6 is 7.67 Å². The molecular formula is C28H47N6O9P. The molecule has 15 nitrogen and oxygen atoms in total. The number of anilines is 1. The molecule has 0 bridgehead atoms. The van der Waals surface area contributed by atoms with E-state index in [9.17, 15) is 24.4 Å². The van der Waals surface area contributed by atoms with Crippen molar-refractivity contribution >= 4 is 30.9 Å². The minimum atomic E-state index is -3.98. The van der Waals surface area contributed by atoms with Gasteiger partial charge in [0.15, 0.2) is 5.65 Å². The van der Waals surface area contributed by atoms with E-state index in [0.29, 0.717) is 17.0 Å². The van der Waals surface area contributed by atoms with Gasteiger partial charge in [0.25, 0.3) is 0 Å². The summed E-state index contributed by atoms with van der Waals surface area (Å²) in [6, 6.07) is 0.312. The molecule has 0 spiro atoms. The van der Waals surface area contributed by atoms with Gasteiger partial charge in [-0.2, -0.15) is 5.10 Å². The van der Waals surface area contributed by atoms with Gasteiger partial charge in [0.2, 0.25) is 0 Å². The standard InChI is InChI=1S/C28H47N6O9P/c1-16(13-40-24(36)26(3,4)5)32-44(39,33-17(2)14-41-25(37)27(6,7)8)42-15-20-21(35)28(9,38)22(43-20)19-12-30-23-18(29)10-11-31-34(19)23/h10-12,16-17,20-22,35,38H,13-15,29H2,1-9H3,(H2,32,33,39)/t16-,17-,20+,21+,22-,28+/m0/s1. The van der Waals surface area contributed by atoms with Crippen LogP contribution in [0.4, 0.5) is 5.69 Å². The number of imidazole rings is 1. The predicted molar refractivity (Wildman–Crippen MR) is 161 cm³/mol. The molecule has 6 atom stereocenters. The Morgan fingerprint density at radius 3 is 2.14 bits per heavy atom. The van der Waals surface area contributed by atoms with Crippen molar-refractivity contribution in [1.82, 2.24) is 24.8 Å². The zero-order valence-corrected chi connectivity index (χ0v) is 27.8. The molecule has 0 aliphatic carbocycles. The fourth-order valence-electron chi connectivity index (χ4n) is 4.31. The van der Waals surface area contributed by atoms with Crippen molar-refractivity contribution in [1.29, 1.82) is 0 Å². The molecule has 1 aliphatic heterocycles. The highest BCUT2D eigenvalue weighted by molar-refractivity contribution is 7.54. The van der Waals surface area contributed by atoms with E-state index in [-0.39, 0.29) is 13.2 Å². The van der Waals surface area contributed by atoms with Crippen molar-refractivity contribution in [3.05, 3.63) is 24.2 Å². The van der Waals surface area contributed by atoms with Gasteiger partial charge < -0.3 is 34.7 Å². The summed E-state index contributed by atoms with van der Waals surface area (Å²) in [5.41, 5.74) is 3.81. The van der Waals surface area contributed by atoms with Crippen LogP contribution < -0.4 is 15.9 Å². The summed E-state index contributed by atoms with van der Waals surface area (Å²) in [7, 11) is -3.98. The topological polar surface area (TPSA) is 209 Å². The monoisotopic (exact) mass is 642 g/mol. The lowest BCUT2D eigenvalue weighted by molar-refractivity contribution is -0.154. The lowest BCUT2D eigenvalue weighted by atomic mass is 9.91. The number of hydrogen-bond donors (Lipinski definition) is 5. The molecule has 0 unspecified atom stereocenters. The van der Waals surface area contributed by atoms with Crippen molar-refractivity contribution in [2.45, 2.75) is 98.3 Å². The molecule has 44 heavy (non-hydrogen) atoms. The fraction of sp³-hybridized carbons (Fsp3) is 0.714. The second-order valence-electron chi connectivity index (χ2n) is 13.5. The smallest absolute Gasteiger partial charge is 0.341 e. The Morgan fingerprint density at radius 1 is 1.11 bits per heavy atom. The van der Waals surface area contributed by atoms with Crippen molar-refractivity contribution in [3.63, 3.8) is 0 Å². The fourth-order valence-corrected chi connectivity index (χ4v) is 6.20. The second-order valence-corrected chi connectivity index (χ2v) is 15.4. The Hall–Kier alpha value is -2.65. The number of carbonyl (C=O) groups is 2. The Morgan fingerprint density at radius 2 is 1.64 bits per heavy atom. The third-order valence-corrected chi connectivity index (χ3v) is 8.95. The molecule has 1 aliphatic rings. The van der Waals surface area contributed by atoms with E-state index in [4.69, 9.17) is 24.5 Å². The molecule has 0 saturated carbocycles. The van der Waals surface area contributed by atoms with Gasteiger partial charge in [0, 0.05) is 12.1 Å². The molecule has 0 radical (unpaired) electrons. The number of nitrogen functional groups attached to an aromatic ring is 1. The van der Waals surface area contributed by atoms with Crippen LogP contribution in [-0.4, -0.2) is 86.5 Å². The van der Waals surface area contributed by atoms with Gasteiger partial charge in [-0.15, -0.1) is 0 Å². The van der Waals surface area contributed by atoms with Crippen molar-refractivity contribution in [3.8, 4) is 0 Å². The maximum atomic E-state index is 14.1. The number of aliphatic hydroxyl groups is 2. The largest absolute Gasteiger partial charge is 0.464 e. The summed E-state index contributed by atoms with van der Waals surface area (Å²) in [5.74, 6) is -0.867. The predicted octanol–water partition coefficient (Wildman–Crippen LogP) is 2.12. The minimum Gasteiger partial charge on any atom is -0.464 e. The van der Waals surface area contributed by atoms with E-state index in [1.165, 1.54) is 23.8 Å². The van der Waals surface area contributed by atoms with E-state index in [1.807, 2.05) is 0 Å². The van der Waals surface area contributed by atoms with Crippen LogP contribution in [0.25, 0.3) is 5.65 Å². The van der Waals surface area contributed by atoms with Crippen LogP contribution in [0.5, 0.6) is 0 Å². The molecule has 1 fully saturated rings. The normalized spacial score (nSPS) is 24.3. The minimum absolute atomic E-state index is 0.109.